The molecule has 0 saturated carbocycles. The van der Waals surface area contributed by atoms with Crippen LogP contribution in [0.1, 0.15) is 29.9 Å². The summed E-state index contributed by atoms with van der Waals surface area (Å²) in [6.45, 7) is 5.15. The summed E-state index contributed by atoms with van der Waals surface area (Å²) in [5.74, 6) is 0. The van der Waals surface area contributed by atoms with E-state index in [1.807, 2.05) is 20.0 Å². The lowest BCUT2D eigenvalue weighted by atomic mass is 10.2. The molecule has 0 aliphatic carbocycles. The summed E-state index contributed by atoms with van der Waals surface area (Å²) >= 11 is 0. The molecule has 0 unspecified atom stereocenters. The smallest absolute Gasteiger partial charge is 0.322 e. The van der Waals surface area contributed by atoms with E-state index in [-0.39, 0.29) is 7.43 Å². The third-order valence-corrected chi connectivity index (χ3v) is 5.29. The molecule has 9 nitrogen and oxygen atoms in total. The SMILES string of the molecule is C.COCCc1[nH]ncc1C.COCCc1nn(S(=O)(=O)N(C)C)cc1C. The van der Waals surface area contributed by atoms with Crippen LogP contribution in [0.3, 0.4) is 0 Å². The van der Waals surface area contributed by atoms with Crippen molar-refractivity contribution in [2.75, 3.05) is 41.5 Å². The fourth-order valence-electron chi connectivity index (χ4n) is 2.03. The van der Waals surface area contributed by atoms with Crippen molar-refractivity contribution in [3.63, 3.8) is 0 Å². The van der Waals surface area contributed by atoms with E-state index in [1.54, 1.807) is 14.2 Å². The van der Waals surface area contributed by atoms with Crippen molar-refractivity contribution in [3.8, 4) is 0 Å². The molecular formula is C17H33N5O4S. The molecule has 10 heteroatoms. The first kappa shape index (κ1) is 25.2. The van der Waals surface area contributed by atoms with Crippen molar-refractivity contribution in [3.05, 3.63) is 34.9 Å². The number of aromatic nitrogens is 4. The Morgan fingerprint density at radius 1 is 1.11 bits per heavy atom. The molecule has 0 radical (unpaired) electrons. The van der Waals surface area contributed by atoms with Gasteiger partial charge in [0.15, 0.2) is 0 Å². The Morgan fingerprint density at radius 2 is 1.70 bits per heavy atom. The Morgan fingerprint density at radius 3 is 2.19 bits per heavy atom. The summed E-state index contributed by atoms with van der Waals surface area (Å²) in [5, 5.41) is 10.9. The maximum Gasteiger partial charge on any atom is 0.322 e. The molecule has 0 aliphatic heterocycles. The molecule has 156 valence electrons. The highest BCUT2D eigenvalue weighted by molar-refractivity contribution is 7.87. The molecule has 0 amide bonds. The first-order valence-electron chi connectivity index (χ1n) is 8.18. The predicted octanol–water partition coefficient (Wildman–Crippen LogP) is 1.58. The maximum absolute atomic E-state index is 11.8. The highest BCUT2D eigenvalue weighted by Crippen LogP contribution is 2.09. The molecule has 0 fully saturated rings. The Hall–Kier alpha value is -1.75. The molecule has 27 heavy (non-hydrogen) atoms. The number of methoxy groups -OCH3 is 2. The minimum Gasteiger partial charge on any atom is -0.384 e. The highest BCUT2D eigenvalue weighted by atomic mass is 32.2. The van der Waals surface area contributed by atoms with E-state index in [0.29, 0.717) is 13.0 Å². The van der Waals surface area contributed by atoms with Crippen LogP contribution in [-0.4, -0.2) is 73.6 Å². The van der Waals surface area contributed by atoms with Gasteiger partial charge in [0, 0.05) is 53.0 Å². The zero-order chi connectivity index (χ0) is 19.7. The standard InChI is InChI=1S/C9H17N3O3S.C7H12N2O.CH4/c1-8-7-12(16(13,14)11(2)3)10-9(8)5-6-15-4;1-6-5-8-9-7(6)3-4-10-2;/h7H,5-6H2,1-4H3;5H,3-4H2,1-2H3,(H,8,9);1H4. The summed E-state index contributed by atoms with van der Waals surface area (Å²) in [4.78, 5) is 0. The summed E-state index contributed by atoms with van der Waals surface area (Å²) in [7, 11) is 2.74. The Labute approximate surface area is 162 Å². The van der Waals surface area contributed by atoms with Gasteiger partial charge in [0.2, 0.25) is 0 Å². The van der Waals surface area contributed by atoms with Crippen LogP contribution in [0.5, 0.6) is 0 Å². The zero-order valence-corrected chi connectivity index (χ0v) is 17.1. The van der Waals surface area contributed by atoms with Gasteiger partial charge in [0.25, 0.3) is 0 Å². The highest BCUT2D eigenvalue weighted by Gasteiger charge is 2.18. The van der Waals surface area contributed by atoms with Gasteiger partial charge in [-0.1, -0.05) is 7.43 Å². The van der Waals surface area contributed by atoms with E-state index in [2.05, 4.69) is 15.3 Å². The van der Waals surface area contributed by atoms with Crippen molar-refractivity contribution in [2.24, 2.45) is 0 Å². The quantitative estimate of drug-likeness (QED) is 0.718. The molecule has 2 aromatic rings. The lowest BCUT2D eigenvalue weighted by molar-refractivity contribution is 0.201. The van der Waals surface area contributed by atoms with Crippen LogP contribution in [0.4, 0.5) is 0 Å². The minimum absolute atomic E-state index is 0. The monoisotopic (exact) mass is 403 g/mol. The zero-order valence-electron chi connectivity index (χ0n) is 16.3. The number of hydrogen-bond donors (Lipinski definition) is 1. The normalized spacial score (nSPS) is 11.1. The largest absolute Gasteiger partial charge is 0.384 e. The second kappa shape index (κ2) is 11.9. The molecule has 2 aromatic heterocycles. The fourth-order valence-corrected chi connectivity index (χ4v) is 2.86. The second-order valence-corrected chi connectivity index (χ2v) is 7.94. The van der Waals surface area contributed by atoms with Gasteiger partial charge >= 0.3 is 10.2 Å². The van der Waals surface area contributed by atoms with Crippen LogP contribution >= 0.6 is 0 Å². The molecule has 2 heterocycles. The van der Waals surface area contributed by atoms with Gasteiger partial charge in [0.05, 0.1) is 25.1 Å². The van der Waals surface area contributed by atoms with E-state index in [1.165, 1.54) is 31.5 Å². The Kier molecular flexibility index (Phi) is 11.1. The number of H-pyrrole nitrogens is 1. The van der Waals surface area contributed by atoms with Crippen LogP contribution in [0.2, 0.25) is 0 Å². The minimum atomic E-state index is -3.51. The molecule has 0 saturated heterocycles. The summed E-state index contributed by atoms with van der Waals surface area (Å²) < 4.78 is 35.5. The molecule has 0 bridgehead atoms. The first-order valence-corrected chi connectivity index (χ1v) is 9.58. The average molecular weight is 404 g/mol. The van der Waals surface area contributed by atoms with Crippen LogP contribution in [0.15, 0.2) is 12.4 Å². The molecule has 0 spiro atoms. The second-order valence-electron chi connectivity index (χ2n) is 5.94. The van der Waals surface area contributed by atoms with Gasteiger partial charge in [-0.15, -0.1) is 0 Å². The van der Waals surface area contributed by atoms with E-state index < -0.39 is 10.2 Å². The number of aromatic amines is 1. The number of hydrogen-bond acceptors (Lipinski definition) is 6. The van der Waals surface area contributed by atoms with Gasteiger partial charge in [-0.25, -0.2) is 0 Å². The number of ether oxygens (including phenoxy) is 2. The van der Waals surface area contributed by atoms with Crippen molar-refractivity contribution >= 4 is 10.2 Å². The van der Waals surface area contributed by atoms with Crippen LogP contribution in [0.25, 0.3) is 0 Å². The van der Waals surface area contributed by atoms with Crippen molar-refractivity contribution < 1.29 is 17.9 Å². The number of nitrogens with one attached hydrogen (secondary N) is 1. The lowest BCUT2D eigenvalue weighted by Crippen LogP contribution is -2.29. The molecule has 1 N–H and O–H groups in total. The van der Waals surface area contributed by atoms with Gasteiger partial charge in [-0.2, -0.15) is 27.0 Å². The first-order chi connectivity index (χ1) is 12.2. The van der Waals surface area contributed by atoms with Gasteiger partial charge in [-0.3, -0.25) is 5.10 Å². The van der Waals surface area contributed by atoms with Gasteiger partial charge in [0.1, 0.15) is 0 Å². The maximum atomic E-state index is 11.8. The molecular weight excluding hydrogens is 370 g/mol. The molecule has 0 aromatic carbocycles. The van der Waals surface area contributed by atoms with E-state index in [9.17, 15) is 8.42 Å². The third kappa shape index (κ3) is 7.41. The Bertz CT molecular complexity index is 768. The van der Waals surface area contributed by atoms with E-state index in [4.69, 9.17) is 9.47 Å². The number of rotatable bonds is 8. The summed E-state index contributed by atoms with van der Waals surface area (Å²) in [5.41, 5.74) is 3.97. The Balaban J connectivity index is 0.000000531. The van der Waals surface area contributed by atoms with Crippen LogP contribution in [0, 0.1) is 13.8 Å². The van der Waals surface area contributed by atoms with Crippen molar-refractivity contribution in [1.82, 2.24) is 23.7 Å². The van der Waals surface area contributed by atoms with E-state index in [0.717, 1.165) is 32.7 Å². The average Bonchev–Trinajstić information content (AvgIpc) is 3.17. The molecule has 0 aliphatic rings. The van der Waals surface area contributed by atoms with Gasteiger partial charge < -0.3 is 9.47 Å². The van der Waals surface area contributed by atoms with Crippen LogP contribution < -0.4 is 0 Å². The topological polar surface area (TPSA) is 102 Å². The third-order valence-electron chi connectivity index (χ3n) is 3.71. The van der Waals surface area contributed by atoms with Crippen molar-refractivity contribution in [2.45, 2.75) is 34.1 Å². The predicted molar refractivity (Wildman–Crippen MR) is 106 cm³/mol. The lowest BCUT2D eigenvalue weighted by Gasteiger charge is -2.10. The summed E-state index contributed by atoms with van der Waals surface area (Å²) in [6.07, 6.45) is 4.87. The molecule has 0 atom stereocenters. The molecule has 2 rings (SSSR count). The number of aryl methyl sites for hydroxylation is 2. The van der Waals surface area contributed by atoms with E-state index >= 15 is 0 Å². The van der Waals surface area contributed by atoms with Crippen LogP contribution in [-0.2, 0) is 32.5 Å². The van der Waals surface area contributed by atoms with Gasteiger partial charge in [-0.05, 0) is 25.0 Å². The fraction of sp³-hybridized carbons (Fsp3) is 0.647. The van der Waals surface area contributed by atoms with Crippen molar-refractivity contribution in [1.29, 1.82) is 0 Å². The number of nitrogens with zero attached hydrogens (tertiary/aromatic N) is 4. The summed E-state index contributed by atoms with van der Waals surface area (Å²) in [6, 6.07) is 0.